The Morgan fingerprint density at radius 2 is 2.07 bits per heavy atom. The van der Waals surface area contributed by atoms with Crippen LogP contribution in [-0.2, 0) is 13.0 Å². The Labute approximate surface area is 187 Å². The molecule has 9 heteroatoms. The lowest BCUT2D eigenvalue weighted by Crippen LogP contribution is -2.52. The molecule has 0 radical (unpaired) electrons. The second-order valence-corrected chi connectivity index (χ2v) is 7.03. The van der Waals surface area contributed by atoms with Crippen molar-refractivity contribution < 1.29 is 0 Å². The van der Waals surface area contributed by atoms with E-state index < -0.39 is 0 Å². The van der Waals surface area contributed by atoms with Gasteiger partial charge in [-0.2, -0.15) is 9.64 Å². The monoisotopic (exact) mass is 511 g/mol. The summed E-state index contributed by atoms with van der Waals surface area (Å²) in [7, 11) is 0. The summed E-state index contributed by atoms with van der Waals surface area (Å²) >= 11 is 1.49. The molecule has 1 saturated heterocycles. The fraction of sp³-hybridized carbons (Fsp3) is 0.474. The number of nitrogens with zero attached hydrogens (tertiary/aromatic N) is 6. The van der Waals surface area contributed by atoms with Gasteiger partial charge in [0.15, 0.2) is 5.96 Å². The molecule has 0 unspecified atom stereocenters. The Morgan fingerprint density at radius 1 is 1.29 bits per heavy atom. The van der Waals surface area contributed by atoms with Gasteiger partial charge in [-0.3, -0.25) is 0 Å². The molecule has 28 heavy (non-hydrogen) atoms. The zero-order chi connectivity index (χ0) is 19.1. The largest absolute Gasteiger partial charge is 0.357 e. The number of halogens is 1. The zero-order valence-corrected chi connectivity index (χ0v) is 19.4. The number of aromatic nitrogens is 2. The highest BCUT2D eigenvalue weighted by Gasteiger charge is 2.22. The van der Waals surface area contributed by atoms with Crippen LogP contribution in [0.15, 0.2) is 29.3 Å². The highest BCUT2D eigenvalue weighted by molar-refractivity contribution is 14.0. The van der Waals surface area contributed by atoms with Crippen LogP contribution in [-0.4, -0.2) is 52.9 Å². The van der Waals surface area contributed by atoms with Crippen LogP contribution >= 0.6 is 35.5 Å². The summed E-state index contributed by atoms with van der Waals surface area (Å²) in [4.78, 5) is 14.0. The third-order valence-electron chi connectivity index (χ3n) is 4.43. The van der Waals surface area contributed by atoms with E-state index in [1.54, 1.807) is 0 Å². The molecule has 1 aliphatic heterocycles. The minimum absolute atomic E-state index is 0. The topological polar surface area (TPSA) is 80.4 Å². The molecule has 1 aromatic heterocycles. The van der Waals surface area contributed by atoms with Crippen LogP contribution in [0, 0.1) is 11.3 Å². The van der Waals surface area contributed by atoms with Crippen molar-refractivity contribution in [1.29, 1.82) is 5.26 Å². The van der Waals surface area contributed by atoms with Gasteiger partial charge in [-0.15, -0.1) is 24.0 Å². The van der Waals surface area contributed by atoms with Crippen LogP contribution in [0.5, 0.6) is 0 Å². The van der Waals surface area contributed by atoms with Gasteiger partial charge in [0.1, 0.15) is 5.82 Å². The van der Waals surface area contributed by atoms with Crippen LogP contribution < -0.4 is 10.2 Å². The molecule has 1 aromatic carbocycles. The van der Waals surface area contributed by atoms with E-state index in [0.29, 0.717) is 12.1 Å². The third-order valence-corrected chi connectivity index (χ3v) is 5.24. The summed E-state index contributed by atoms with van der Waals surface area (Å²) in [6.07, 6.45) is 0.876. The van der Waals surface area contributed by atoms with Crippen molar-refractivity contribution in [3.63, 3.8) is 0 Å². The second-order valence-electron chi connectivity index (χ2n) is 6.30. The fourth-order valence-corrected chi connectivity index (χ4v) is 3.76. The Kier molecular flexibility index (Phi) is 8.92. The normalized spacial score (nSPS) is 14.4. The summed E-state index contributed by atoms with van der Waals surface area (Å²) in [5.74, 6) is 1.85. The predicted octanol–water partition coefficient (Wildman–Crippen LogP) is 2.88. The standard InChI is InChI=1S/C19H25N7S.HI/c1-3-17-23-19(27-24-17)26-10-8-25(9-11-26)18(21-4-2)22-14-16-7-5-6-15(12-16)13-20;/h5-7,12H,3-4,8-11,14H2,1-2H3,(H,21,22);1H. The van der Waals surface area contributed by atoms with Gasteiger partial charge in [0.2, 0.25) is 5.13 Å². The maximum atomic E-state index is 9.04. The van der Waals surface area contributed by atoms with Crippen molar-refractivity contribution in [3.8, 4) is 6.07 Å². The summed E-state index contributed by atoms with van der Waals surface area (Å²) in [6.45, 7) is 9.16. The number of benzene rings is 1. The first-order chi connectivity index (χ1) is 13.2. The molecule has 0 spiro atoms. The second kappa shape index (κ2) is 11.2. The SMILES string of the molecule is CCNC(=NCc1cccc(C#N)c1)N1CCN(c2nc(CC)ns2)CC1.I. The van der Waals surface area contributed by atoms with Gasteiger partial charge in [-0.25, -0.2) is 9.98 Å². The van der Waals surface area contributed by atoms with E-state index in [1.807, 2.05) is 24.3 Å². The maximum Gasteiger partial charge on any atom is 0.205 e. The summed E-state index contributed by atoms with van der Waals surface area (Å²) < 4.78 is 4.39. The van der Waals surface area contributed by atoms with E-state index in [-0.39, 0.29) is 24.0 Å². The molecule has 0 atom stereocenters. The van der Waals surface area contributed by atoms with Crippen molar-refractivity contribution >= 4 is 46.6 Å². The van der Waals surface area contributed by atoms with E-state index in [0.717, 1.165) is 61.6 Å². The quantitative estimate of drug-likeness (QED) is 0.378. The van der Waals surface area contributed by atoms with E-state index in [1.165, 1.54) is 11.5 Å². The van der Waals surface area contributed by atoms with Crippen LogP contribution in [0.25, 0.3) is 0 Å². The van der Waals surface area contributed by atoms with Gasteiger partial charge >= 0.3 is 0 Å². The molecule has 0 saturated carbocycles. The Morgan fingerprint density at radius 3 is 2.71 bits per heavy atom. The molecule has 0 bridgehead atoms. The average molecular weight is 511 g/mol. The van der Waals surface area contributed by atoms with E-state index in [4.69, 9.17) is 10.3 Å². The van der Waals surface area contributed by atoms with Crippen LogP contribution in [0.4, 0.5) is 5.13 Å². The van der Waals surface area contributed by atoms with Gasteiger partial charge in [-0.1, -0.05) is 19.1 Å². The van der Waals surface area contributed by atoms with Crippen molar-refractivity contribution in [2.45, 2.75) is 26.8 Å². The number of nitrogens with one attached hydrogen (secondary N) is 1. The Balaban J connectivity index is 0.00000280. The molecule has 150 valence electrons. The summed E-state index contributed by atoms with van der Waals surface area (Å²) in [5.41, 5.74) is 1.72. The summed E-state index contributed by atoms with van der Waals surface area (Å²) in [6, 6.07) is 9.80. The van der Waals surface area contributed by atoms with Crippen molar-refractivity contribution in [2.24, 2.45) is 4.99 Å². The molecule has 2 aromatic rings. The maximum absolute atomic E-state index is 9.04. The first kappa shape index (κ1) is 22.4. The predicted molar refractivity (Wildman–Crippen MR) is 124 cm³/mol. The third kappa shape index (κ3) is 5.78. The fourth-order valence-electron chi connectivity index (χ4n) is 2.96. The number of guanidine groups is 1. The summed E-state index contributed by atoms with van der Waals surface area (Å²) in [5, 5.41) is 13.4. The molecule has 1 fully saturated rings. The van der Waals surface area contributed by atoms with E-state index >= 15 is 0 Å². The number of hydrogen-bond acceptors (Lipinski definition) is 6. The van der Waals surface area contributed by atoms with Crippen LogP contribution in [0.1, 0.15) is 30.8 Å². The minimum Gasteiger partial charge on any atom is -0.357 e. The lowest BCUT2D eigenvalue weighted by Gasteiger charge is -2.36. The van der Waals surface area contributed by atoms with Gasteiger partial charge in [0.05, 0.1) is 18.2 Å². The number of aliphatic imine (C=N–C) groups is 1. The molecule has 1 N–H and O–H groups in total. The minimum atomic E-state index is 0. The lowest BCUT2D eigenvalue weighted by atomic mass is 10.1. The zero-order valence-electron chi connectivity index (χ0n) is 16.3. The number of anilines is 1. The van der Waals surface area contributed by atoms with E-state index in [9.17, 15) is 0 Å². The molecule has 3 rings (SSSR count). The molecule has 0 amide bonds. The van der Waals surface area contributed by atoms with E-state index in [2.05, 4.69) is 44.4 Å². The van der Waals surface area contributed by atoms with Gasteiger partial charge in [-0.05, 0) is 24.6 Å². The van der Waals surface area contributed by atoms with Crippen molar-refractivity contribution in [1.82, 2.24) is 19.6 Å². The first-order valence-corrected chi connectivity index (χ1v) is 10.1. The molecular formula is C19H26IN7S. The van der Waals surface area contributed by atoms with Gasteiger partial charge in [0, 0.05) is 50.7 Å². The molecular weight excluding hydrogens is 485 g/mol. The number of aryl methyl sites for hydroxylation is 1. The highest BCUT2D eigenvalue weighted by Crippen LogP contribution is 2.19. The van der Waals surface area contributed by atoms with Crippen molar-refractivity contribution in [3.05, 3.63) is 41.2 Å². The average Bonchev–Trinajstić information content (AvgIpc) is 3.21. The number of piperazine rings is 1. The van der Waals surface area contributed by atoms with Crippen LogP contribution in [0.2, 0.25) is 0 Å². The molecule has 0 aliphatic carbocycles. The first-order valence-electron chi connectivity index (χ1n) is 9.33. The smallest absolute Gasteiger partial charge is 0.205 e. The number of nitriles is 1. The van der Waals surface area contributed by atoms with Gasteiger partial charge < -0.3 is 15.1 Å². The number of rotatable bonds is 5. The molecule has 7 nitrogen and oxygen atoms in total. The van der Waals surface area contributed by atoms with Crippen molar-refractivity contribution in [2.75, 3.05) is 37.6 Å². The molecule has 2 heterocycles. The van der Waals surface area contributed by atoms with Gasteiger partial charge in [0.25, 0.3) is 0 Å². The Bertz CT molecular complexity index is 822. The lowest BCUT2D eigenvalue weighted by molar-refractivity contribution is 0.372. The Hall–Kier alpha value is -1.93. The van der Waals surface area contributed by atoms with Crippen LogP contribution in [0.3, 0.4) is 0 Å². The highest BCUT2D eigenvalue weighted by atomic mass is 127. The molecule has 1 aliphatic rings. The number of hydrogen-bond donors (Lipinski definition) is 1.